The highest BCUT2D eigenvalue weighted by atomic mass is 19.4. The van der Waals surface area contributed by atoms with Gasteiger partial charge in [0.15, 0.2) is 17.5 Å². The molecule has 8 nitrogen and oxygen atoms in total. The summed E-state index contributed by atoms with van der Waals surface area (Å²) in [4.78, 5) is 28.0. The van der Waals surface area contributed by atoms with Crippen LogP contribution in [-0.2, 0) is 30.5 Å². The molecule has 0 saturated carbocycles. The lowest BCUT2D eigenvalue weighted by atomic mass is 10.0. The van der Waals surface area contributed by atoms with E-state index in [2.05, 4.69) is 4.98 Å². The van der Waals surface area contributed by atoms with E-state index < -0.39 is 53.3 Å². The van der Waals surface area contributed by atoms with Gasteiger partial charge in [-0.15, -0.1) is 0 Å². The van der Waals surface area contributed by atoms with Gasteiger partial charge in [-0.2, -0.15) is 13.2 Å². The third-order valence-corrected chi connectivity index (χ3v) is 4.85. The molecule has 1 aromatic heterocycles. The highest BCUT2D eigenvalue weighted by Gasteiger charge is 2.41. The second-order valence-electron chi connectivity index (χ2n) is 7.15. The molecule has 1 atom stereocenters. The van der Waals surface area contributed by atoms with Crippen molar-refractivity contribution in [2.45, 2.75) is 38.1 Å². The Bertz CT molecular complexity index is 1050. The maximum absolute atomic E-state index is 13.8. The molecule has 2 amide bonds. The normalized spacial score (nSPS) is 14.8. The summed E-state index contributed by atoms with van der Waals surface area (Å²) < 4.78 is 80.6. The number of imidazole rings is 1. The number of rotatable bonds is 5. The second kappa shape index (κ2) is 8.68. The molecule has 4 N–H and O–H groups in total. The van der Waals surface area contributed by atoms with Crippen LogP contribution in [0.1, 0.15) is 23.5 Å². The van der Waals surface area contributed by atoms with Gasteiger partial charge in [-0.25, -0.2) is 22.9 Å². The fourth-order valence-electron chi connectivity index (χ4n) is 3.43. The third-order valence-electron chi connectivity index (χ3n) is 4.85. The van der Waals surface area contributed by atoms with Crippen LogP contribution < -0.4 is 11.1 Å². The number of fused-ring (bicyclic) bond motifs is 1. The van der Waals surface area contributed by atoms with Gasteiger partial charge in [0.1, 0.15) is 5.82 Å². The SMILES string of the molecule is NC(CC(=O)N1CCn2c(C(F)(F)F)nc(NC(=O)O)c2C1)Cc1cc(F)c(F)cc1F. The van der Waals surface area contributed by atoms with Gasteiger partial charge in [0, 0.05) is 31.6 Å². The first-order chi connectivity index (χ1) is 14.9. The Kier molecular flexibility index (Phi) is 6.34. The van der Waals surface area contributed by atoms with E-state index in [9.17, 15) is 35.9 Å². The number of nitrogens with two attached hydrogens (primary N) is 1. The lowest BCUT2D eigenvalue weighted by Crippen LogP contribution is -2.42. The Morgan fingerprint density at radius 3 is 2.44 bits per heavy atom. The summed E-state index contributed by atoms with van der Waals surface area (Å²) in [6, 6.07) is 0.00743. The van der Waals surface area contributed by atoms with Gasteiger partial charge in [-0.3, -0.25) is 10.1 Å². The van der Waals surface area contributed by atoms with Crippen LogP contribution in [0.5, 0.6) is 0 Å². The maximum Gasteiger partial charge on any atom is 0.449 e. The van der Waals surface area contributed by atoms with Crippen LogP contribution in [-0.4, -0.2) is 44.1 Å². The summed E-state index contributed by atoms with van der Waals surface area (Å²) in [5.41, 5.74) is 5.45. The zero-order valence-corrected chi connectivity index (χ0v) is 16.2. The van der Waals surface area contributed by atoms with Crippen molar-refractivity contribution in [3.8, 4) is 0 Å². The molecular formula is C18H17F6N5O3. The van der Waals surface area contributed by atoms with Crippen molar-refractivity contribution in [1.29, 1.82) is 0 Å². The molecule has 0 bridgehead atoms. The molecule has 32 heavy (non-hydrogen) atoms. The van der Waals surface area contributed by atoms with E-state index in [1.165, 1.54) is 0 Å². The average Bonchev–Trinajstić information content (AvgIpc) is 3.03. The first-order valence-corrected chi connectivity index (χ1v) is 9.20. The number of benzene rings is 1. The minimum atomic E-state index is -4.84. The molecule has 0 radical (unpaired) electrons. The summed E-state index contributed by atoms with van der Waals surface area (Å²) in [5.74, 6) is -6.11. The van der Waals surface area contributed by atoms with E-state index in [0.717, 1.165) is 9.47 Å². The van der Waals surface area contributed by atoms with Gasteiger partial charge in [0.25, 0.3) is 0 Å². The van der Waals surface area contributed by atoms with Crippen LogP contribution in [0.25, 0.3) is 0 Å². The number of amides is 2. The van der Waals surface area contributed by atoms with E-state index in [1.807, 2.05) is 0 Å². The smallest absolute Gasteiger partial charge is 0.449 e. The van der Waals surface area contributed by atoms with Crippen molar-refractivity contribution in [3.63, 3.8) is 0 Å². The molecule has 1 aliphatic heterocycles. The van der Waals surface area contributed by atoms with Gasteiger partial charge in [0.2, 0.25) is 11.7 Å². The molecule has 0 saturated heterocycles. The number of aromatic nitrogens is 2. The molecule has 1 unspecified atom stereocenters. The summed E-state index contributed by atoms with van der Waals surface area (Å²) in [6.45, 7) is -0.801. The number of nitrogens with one attached hydrogen (secondary N) is 1. The zero-order chi connectivity index (χ0) is 23.8. The van der Waals surface area contributed by atoms with Crippen molar-refractivity contribution in [2.75, 3.05) is 11.9 Å². The van der Waals surface area contributed by atoms with Crippen molar-refractivity contribution in [1.82, 2.24) is 14.5 Å². The average molecular weight is 465 g/mol. The highest BCUT2D eigenvalue weighted by molar-refractivity contribution is 5.83. The molecule has 174 valence electrons. The molecule has 1 aromatic carbocycles. The quantitative estimate of drug-likeness (QED) is 0.464. The molecule has 0 fully saturated rings. The maximum atomic E-state index is 13.8. The molecule has 0 spiro atoms. The number of nitrogens with zero attached hydrogens (tertiary/aromatic N) is 3. The van der Waals surface area contributed by atoms with Crippen LogP contribution in [0.3, 0.4) is 0 Å². The van der Waals surface area contributed by atoms with Crippen molar-refractivity contribution >= 4 is 17.8 Å². The molecule has 14 heteroatoms. The predicted molar refractivity (Wildman–Crippen MR) is 96.9 cm³/mol. The summed E-state index contributed by atoms with van der Waals surface area (Å²) >= 11 is 0. The first-order valence-electron chi connectivity index (χ1n) is 9.20. The Labute approximate surface area is 176 Å². The fraction of sp³-hybridized carbons (Fsp3) is 0.389. The number of carbonyl (C=O) groups is 2. The standard InChI is InChI=1S/C18H17F6N5O3/c19-10-6-12(21)11(20)4-8(10)3-9(25)5-14(30)28-1-2-29-13(7-28)15(27-17(31)32)26-16(29)18(22,23)24/h4,6,9,27H,1-3,5,7,25H2,(H,31,32). The van der Waals surface area contributed by atoms with Crippen molar-refractivity contribution in [3.05, 3.63) is 46.7 Å². The minimum absolute atomic E-state index is 0.135. The van der Waals surface area contributed by atoms with Crippen LogP contribution in [0, 0.1) is 17.5 Å². The van der Waals surface area contributed by atoms with E-state index >= 15 is 0 Å². The summed E-state index contributed by atoms with van der Waals surface area (Å²) in [6.07, 6.45) is -7.11. The number of alkyl halides is 3. The third kappa shape index (κ3) is 4.95. The lowest BCUT2D eigenvalue weighted by molar-refractivity contribution is -0.148. The Morgan fingerprint density at radius 1 is 1.16 bits per heavy atom. The molecule has 2 heterocycles. The Morgan fingerprint density at radius 2 is 1.81 bits per heavy atom. The van der Waals surface area contributed by atoms with Gasteiger partial charge in [-0.1, -0.05) is 0 Å². The second-order valence-corrected chi connectivity index (χ2v) is 7.15. The number of carboxylic acid groups (broad SMARTS) is 1. The Balaban J connectivity index is 1.73. The monoisotopic (exact) mass is 465 g/mol. The number of anilines is 1. The van der Waals surface area contributed by atoms with E-state index in [4.69, 9.17) is 10.8 Å². The van der Waals surface area contributed by atoms with Gasteiger partial charge < -0.3 is 20.3 Å². The van der Waals surface area contributed by atoms with Gasteiger partial charge >= 0.3 is 12.3 Å². The molecule has 1 aliphatic rings. The number of hydrogen-bond acceptors (Lipinski definition) is 4. The zero-order valence-electron chi connectivity index (χ0n) is 16.2. The van der Waals surface area contributed by atoms with Crippen LogP contribution >= 0.6 is 0 Å². The predicted octanol–water partition coefficient (Wildman–Crippen LogP) is 2.71. The topological polar surface area (TPSA) is 113 Å². The van der Waals surface area contributed by atoms with Crippen LogP contribution in [0.15, 0.2) is 12.1 Å². The Hall–Kier alpha value is -3.29. The summed E-state index contributed by atoms with van der Waals surface area (Å²) in [7, 11) is 0. The van der Waals surface area contributed by atoms with Crippen molar-refractivity contribution in [2.24, 2.45) is 5.73 Å². The number of hydrogen-bond donors (Lipinski definition) is 3. The molecular weight excluding hydrogens is 448 g/mol. The highest BCUT2D eigenvalue weighted by Crippen LogP contribution is 2.34. The minimum Gasteiger partial charge on any atom is -0.465 e. The van der Waals surface area contributed by atoms with Crippen molar-refractivity contribution < 1.29 is 41.0 Å². The van der Waals surface area contributed by atoms with Crippen LogP contribution in [0.4, 0.5) is 37.0 Å². The van der Waals surface area contributed by atoms with Crippen LogP contribution in [0.2, 0.25) is 0 Å². The molecule has 2 aromatic rings. The lowest BCUT2D eigenvalue weighted by Gasteiger charge is -2.30. The summed E-state index contributed by atoms with van der Waals surface area (Å²) in [5, 5.41) is 10.6. The fourth-order valence-corrected chi connectivity index (χ4v) is 3.43. The molecule has 3 rings (SSSR count). The van der Waals surface area contributed by atoms with E-state index in [-0.39, 0.29) is 43.7 Å². The van der Waals surface area contributed by atoms with E-state index in [1.54, 1.807) is 5.32 Å². The van der Waals surface area contributed by atoms with Gasteiger partial charge in [0.05, 0.1) is 12.2 Å². The first kappa shape index (κ1) is 23.4. The number of carbonyl (C=O) groups excluding carboxylic acids is 1. The molecule has 0 aliphatic carbocycles. The number of halogens is 6. The van der Waals surface area contributed by atoms with E-state index in [0.29, 0.717) is 12.1 Å². The largest absolute Gasteiger partial charge is 0.465 e. The van der Waals surface area contributed by atoms with Gasteiger partial charge in [-0.05, 0) is 18.1 Å².